The molecule has 15 heavy (non-hydrogen) atoms. The van der Waals surface area contributed by atoms with Crippen LogP contribution in [0, 0.1) is 5.92 Å². The molecule has 84 valence electrons. The van der Waals surface area contributed by atoms with Gasteiger partial charge in [0.15, 0.2) is 5.89 Å². The molecule has 2 heterocycles. The summed E-state index contributed by atoms with van der Waals surface area (Å²) in [7, 11) is 1.92. The summed E-state index contributed by atoms with van der Waals surface area (Å²) in [5.74, 6) is 2.50. The molecule has 1 aliphatic heterocycles. The minimum atomic E-state index is 0.243. The fraction of sp³-hybridized carbons (Fsp3) is 0.727. The summed E-state index contributed by atoms with van der Waals surface area (Å²) in [6.45, 7) is 4.30. The molecular formula is C11H19N3O. The Labute approximate surface area is 90.5 Å². The lowest BCUT2D eigenvalue weighted by Gasteiger charge is -2.06. The molecule has 0 amide bonds. The molecule has 2 atom stereocenters. The van der Waals surface area contributed by atoms with Crippen LogP contribution in [0.1, 0.15) is 31.0 Å². The van der Waals surface area contributed by atoms with Crippen molar-refractivity contribution in [2.45, 2.75) is 25.8 Å². The Morgan fingerprint density at radius 2 is 2.60 bits per heavy atom. The molecule has 0 radical (unpaired) electrons. The summed E-state index contributed by atoms with van der Waals surface area (Å²) in [4.78, 5) is 4.31. The van der Waals surface area contributed by atoms with Gasteiger partial charge < -0.3 is 15.1 Å². The standard InChI is InChI=1S/C11H19N3O/c1-8(12-2)10-7-14-11(15-10)5-9-3-4-13-6-9/h7-9,12-13H,3-6H2,1-2H3. The predicted molar refractivity (Wildman–Crippen MR) is 58.7 cm³/mol. The van der Waals surface area contributed by atoms with Gasteiger partial charge in [-0.15, -0.1) is 0 Å². The second kappa shape index (κ2) is 4.77. The van der Waals surface area contributed by atoms with Crippen molar-refractivity contribution < 1.29 is 4.42 Å². The van der Waals surface area contributed by atoms with E-state index in [4.69, 9.17) is 4.42 Å². The third-order valence-electron chi connectivity index (χ3n) is 3.06. The molecule has 0 aromatic carbocycles. The molecule has 0 spiro atoms. The molecular weight excluding hydrogens is 190 g/mol. The first kappa shape index (κ1) is 10.6. The normalized spacial score (nSPS) is 23.2. The lowest BCUT2D eigenvalue weighted by molar-refractivity contribution is 0.390. The molecule has 1 aromatic rings. The van der Waals surface area contributed by atoms with Crippen LogP contribution in [0.3, 0.4) is 0 Å². The number of nitrogens with zero attached hydrogens (tertiary/aromatic N) is 1. The van der Waals surface area contributed by atoms with Gasteiger partial charge >= 0.3 is 0 Å². The molecule has 4 nitrogen and oxygen atoms in total. The Morgan fingerprint density at radius 3 is 3.27 bits per heavy atom. The maximum atomic E-state index is 5.70. The number of nitrogens with one attached hydrogen (secondary N) is 2. The summed E-state index contributed by atoms with van der Waals surface area (Å²) in [5, 5.41) is 6.49. The van der Waals surface area contributed by atoms with Gasteiger partial charge in [-0.05, 0) is 39.4 Å². The van der Waals surface area contributed by atoms with Crippen molar-refractivity contribution >= 4 is 0 Å². The Balaban J connectivity index is 1.94. The van der Waals surface area contributed by atoms with E-state index in [1.54, 1.807) is 0 Å². The van der Waals surface area contributed by atoms with Gasteiger partial charge in [0.2, 0.25) is 0 Å². The molecule has 2 unspecified atom stereocenters. The minimum absolute atomic E-state index is 0.243. The van der Waals surface area contributed by atoms with Gasteiger partial charge in [0.05, 0.1) is 12.2 Å². The first-order chi connectivity index (χ1) is 7.29. The summed E-state index contributed by atoms with van der Waals surface area (Å²) in [6, 6.07) is 0.243. The van der Waals surface area contributed by atoms with Crippen LogP contribution in [-0.4, -0.2) is 25.1 Å². The summed E-state index contributed by atoms with van der Waals surface area (Å²) >= 11 is 0. The molecule has 1 aromatic heterocycles. The Kier molecular flexibility index (Phi) is 3.38. The smallest absolute Gasteiger partial charge is 0.194 e. The van der Waals surface area contributed by atoms with E-state index in [-0.39, 0.29) is 6.04 Å². The third-order valence-corrected chi connectivity index (χ3v) is 3.06. The monoisotopic (exact) mass is 209 g/mol. The largest absolute Gasteiger partial charge is 0.444 e. The van der Waals surface area contributed by atoms with Crippen molar-refractivity contribution in [3.63, 3.8) is 0 Å². The first-order valence-corrected chi connectivity index (χ1v) is 5.62. The van der Waals surface area contributed by atoms with Crippen LogP contribution in [0.15, 0.2) is 10.6 Å². The average molecular weight is 209 g/mol. The molecule has 0 aliphatic carbocycles. The van der Waals surface area contributed by atoms with Crippen molar-refractivity contribution in [1.82, 2.24) is 15.6 Å². The third kappa shape index (κ3) is 2.58. The summed E-state index contributed by atoms with van der Waals surface area (Å²) < 4.78 is 5.70. The highest BCUT2D eigenvalue weighted by Crippen LogP contribution is 2.18. The zero-order chi connectivity index (χ0) is 10.7. The van der Waals surface area contributed by atoms with Gasteiger partial charge in [0.1, 0.15) is 5.76 Å². The molecule has 0 bridgehead atoms. The quantitative estimate of drug-likeness (QED) is 0.780. The van der Waals surface area contributed by atoms with Crippen LogP contribution in [0.4, 0.5) is 0 Å². The lowest BCUT2D eigenvalue weighted by atomic mass is 10.1. The molecule has 2 rings (SSSR count). The zero-order valence-corrected chi connectivity index (χ0v) is 9.42. The Bertz CT molecular complexity index is 305. The fourth-order valence-electron chi connectivity index (χ4n) is 1.90. The molecule has 1 aliphatic rings. The van der Waals surface area contributed by atoms with Gasteiger partial charge in [-0.2, -0.15) is 0 Å². The highest BCUT2D eigenvalue weighted by molar-refractivity contribution is 5.00. The maximum Gasteiger partial charge on any atom is 0.194 e. The number of aromatic nitrogens is 1. The van der Waals surface area contributed by atoms with Crippen molar-refractivity contribution in [2.24, 2.45) is 5.92 Å². The van der Waals surface area contributed by atoms with E-state index in [1.807, 2.05) is 13.2 Å². The van der Waals surface area contributed by atoms with Gasteiger partial charge in [-0.25, -0.2) is 4.98 Å². The predicted octanol–water partition coefficient (Wildman–Crippen LogP) is 1.11. The second-order valence-corrected chi connectivity index (χ2v) is 4.23. The highest BCUT2D eigenvalue weighted by atomic mass is 16.4. The summed E-state index contributed by atoms with van der Waals surface area (Å²) in [5.41, 5.74) is 0. The van der Waals surface area contributed by atoms with Gasteiger partial charge in [-0.3, -0.25) is 0 Å². The fourth-order valence-corrected chi connectivity index (χ4v) is 1.90. The Morgan fingerprint density at radius 1 is 1.73 bits per heavy atom. The zero-order valence-electron chi connectivity index (χ0n) is 9.42. The molecule has 2 N–H and O–H groups in total. The van der Waals surface area contributed by atoms with Crippen LogP contribution in [-0.2, 0) is 6.42 Å². The first-order valence-electron chi connectivity index (χ1n) is 5.62. The van der Waals surface area contributed by atoms with Gasteiger partial charge in [0, 0.05) is 6.42 Å². The average Bonchev–Trinajstić information content (AvgIpc) is 2.88. The Hall–Kier alpha value is -0.870. The van der Waals surface area contributed by atoms with E-state index in [2.05, 4.69) is 22.5 Å². The van der Waals surface area contributed by atoms with E-state index < -0.39 is 0 Å². The minimum Gasteiger partial charge on any atom is -0.444 e. The lowest BCUT2D eigenvalue weighted by Crippen LogP contribution is -2.11. The van der Waals surface area contributed by atoms with Crippen molar-refractivity contribution in [2.75, 3.05) is 20.1 Å². The van der Waals surface area contributed by atoms with Gasteiger partial charge in [-0.1, -0.05) is 0 Å². The second-order valence-electron chi connectivity index (χ2n) is 4.23. The highest BCUT2D eigenvalue weighted by Gasteiger charge is 2.18. The van der Waals surface area contributed by atoms with Crippen LogP contribution in [0.5, 0.6) is 0 Å². The van der Waals surface area contributed by atoms with Crippen molar-refractivity contribution in [3.05, 3.63) is 17.8 Å². The van der Waals surface area contributed by atoms with E-state index in [0.717, 1.165) is 31.2 Å². The van der Waals surface area contributed by atoms with Crippen molar-refractivity contribution in [3.8, 4) is 0 Å². The maximum absolute atomic E-state index is 5.70. The van der Waals surface area contributed by atoms with Crippen LogP contribution in [0.2, 0.25) is 0 Å². The number of rotatable bonds is 4. The van der Waals surface area contributed by atoms with Crippen LogP contribution < -0.4 is 10.6 Å². The van der Waals surface area contributed by atoms with Crippen molar-refractivity contribution in [1.29, 1.82) is 0 Å². The van der Waals surface area contributed by atoms with Crippen LogP contribution >= 0.6 is 0 Å². The van der Waals surface area contributed by atoms with E-state index >= 15 is 0 Å². The molecule has 0 saturated carbocycles. The molecule has 1 fully saturated rings. The van der Waals surface area contributed by atoms with E-state index in [9.17, 15) is 0 Å². The number of hydrogen-bond acceptors (Lipinski definition) is 4. The SMILES string of the molecule is CNC(C)c1cnc(CC2CCNC2)o1. The number of oxazole rings is 1. The molecule has 1 saturated heterocycles. The van der Waals surface area contributed by atoms with Crippen LogP contribution in [0.25, 0.3) is 0 Å². The molecule has 4 heteroatoms. The van der Waals surface area contributed by atoms with Gasteiger partial charge in [0.25, 0.3) is 0 Å². The van der Waals surface area contributed by atoms with E-state index in [1.165, 1.54) is 6.42 Å². The topological polar surface area (TPSA) is 50.1 Å². The summed E-state index contributed by atoms with van der Waals surface area (Å²) in [6.07, 6.45) is 4.03. The number of hydrogen-bond donors (Lipinski definition) is 2. The van der Waals surface area contributed by atoms with E-state index in [0.29, 0.717) is 5.92 Å².